The lowest BCUT2D eigenvalue weighted by atomic mass is 10.1. The van der Waals surface area contributed by atoms with Crippen molar-refractivity contribution in [1.29, 1.82) is 5.26 Å². The molecule has 0 saturated heterocycles. The van der Waals surface area contributed by atoms with Gasteiger partial charge in [0, 0.05) is 13.1 Å². The topological polar surface area (TPSA) is 39.1 Å². The van der Waals surface area contributed by atoms with Crippen LogP contribution in [0.5, 0.6) is 0 Å². The van der Waals surface area contributed by atoms with E-state index in [0.717, 1.165) is 31.8 Å². The van der Waals surface area contributed by atoms with Crippen molar-refractivity contribution in [2.75, 3.05) is 26.2 Å². The van der Waals surface area contributed by atoms with Crippen LogP contribution in [0.15, 0.2) is 12.1 Å². The van der Waals surface area contributed by atoms with Gasteiger partial charge >= 0.3 is 0 Å². The maximum atomic E-state index is 13.1. The van der Waals surface area contributed by atoms with E-state index in [2.05, 4.69) is 10.2 Å². The first-order valence-electron chi connectivity index (χ1n) is 6.53. The maximum absolute atomic E-state index is 13.1. The molecular formula is C14H18F3N3. The summed E-state index contributed by atoms with van der Waals surface area (Å²) in [6.07, 6.45) is 0. The van der Waals surface area contributed by atoms with E-state index in [4.69, 9.17) is 5.26 Å². The van der Waals surface area contributed by atoms with Crippen LogP contribution in [0.4, 0.5) is 13.2 Å². The van der Waals surface area contributed by atoms with Crippen LogP contribution in [0.25, 0.3) is 0 Å². The van der Waals surface area contributed by atoms with Crippen LogP contribution in [-0.4, -0.2) is 31.1 Å². The van der Waals surface area contributed by atoms with Gasteiger partial charge in [-0.1, -0.05) is 13.8 Å². The van der Waals surface area contributed by atoms with E-state index in [0.29, 0.717) is 6.54 Å². The van der Waals surface area contributed by atoms with Crippen LogP contribution < -0.4 is 5.32 Å². The molecule has 0 radical (unpaired) electrons. The van der Waals surface area contributed by atoms with Crippen LogP contribution in [0.1, 0.15) is 25.5 Å². The number of nitrogens with zero attached hydrogens (tertiary/aromatic N) is 2. The molecule has 1 atom stereocenters. The monoisotopic (exact) mass is 285 g/mol. The molecule has 0 aliphatic carbocycles. The predicted molar refractivity (Wildman–Crippen MR) is 70.5 cm³/mol. The van der Waals surface area contributed by atoms with E-state index in [1.54, 1.807) is 0 Å². The number of hydrogen-bond donors (Lipinski definition) is 1. The Balaban J connectivity index is 2.70. The van der Waals surface area contributed by atoms with Crippen LogP contribution in [-0.2, 0) is 0 Å². The maximum Gasteiger partial charge on any atom is 0.194 e. The van der Waals surface area contributed by atoms with Gasteiger partial charge in [-0.05, 0) is 30.8 Å². The van der Waals surface area contributed by atoms with Gasteiger partial charge < -0.3 is 4.90 Å². The Morgan fingerprint density at radius 3 is 2.20 bits per heavy atom. The van der Waals surface area contributed by atoms with Gasteiger partial charge in [0.25, 0.3) is 0 Å². The molecule has 1 unspecified atom stereocenters. The van der Waals surface area contributed by atoms with Crippen molar-refractivity contribution in [3.63, 3.8) is 0 Å². The molecule has 1 rings (SSSR count). The second kappa shape index (κ2) is 7.88. The van der Waals surface area contributed by atoms with Gasteiger partial charge in [-0.3, -0.25) is 5.32 Å². The van der Waals surface area contributed by atoms with Crippen molar-refractivity contribution in [2.24, 2.45) is 0 Å². The van der Waals surface area contributed by atoms with E-state index < -0.39 is 23.5 Å². The normalized spacial score (nSPS) is 12.4. The number of nitriles is 1. The van der Waals surface area contributed by atoms with Crippen LogP contribution in [0.3, 0.4) is 0 Å². The highest BCUT2D eigenvalue weighted by Crippen LogP contribution is 2.18. The van der Waals surface area contributed by atoms with Gasteiger partial charge in [0.1, 0.15) is 6.04 Å². The van der Waals surface area contributed by atoms with Gasteiger partial charge in [0.05, 0.1) is 6.07 Å². The molecule has 0 heterocycles. The zero-order valence-electron chi connectivity index (χ0n) is 11.6. The minimum absolute atomic E-state index is 0.0865. The third kappa shape index (κ3) is 4.22. The first-order chi connectivity index (χ1) is 9.53. The highest BCUT2D eigenvalue weighted by Gasteiger charge is 2.16. The number of hydrogen-bond acceptors (Lipinski definition) is 3. The Labute approximate surface area is 117 Å². The summed E-state index contributed by atoms with van der Waals surface area (Å²) in [5.74, 6) is -4.09. The highest BCUT2D eigenvalue weighted by molar-refractivity contribution is 5.26. The van der Waals surface area contributed by atoms with E-state index in [1.807, 2.05) is 19.9 Å². The van der Waals surface area contributed by atoms with Gasteiger partial charge in [-0.25, -0.2) is 13.2 Å². The summed E-state index contributed by atoms with van der Waals surface area (Å²) < 4.78 is 39.1. The standard InChI is InChI=1S/C14H18F3N3/c1-3-20(4-2)6-5-19-13(9-18)10-7-11(15)14(17)12(16)8-10/h7-8,13,19H,3-6H2,1-2H3. The van der Waals surface area contributed by atoms with E-state index in [1.165, 1.54) is 0 Å². The number of benzene rings is 1. The third-order valence-electron chi connectivity index (χ3n) is 3.14. The summed E-state index contributed by atoms with van der Waals surface area (Å²) in [6.45, 7) is 7.04. The Morgan fingerprint density at radius 2 is 1.75 bits per heavy atom. The summed E-state index contributed by atoms with van der Waals surface area (Å²) in [6, 6.07) is 2.74. The lowest BCUT2D eigenvalue weighted by Crippen LogP contribution is -2.33. The van der Waals surface area contributed by atoms with Gasteiger partial charge in [-0.15, -0.1) is 0 Å². The first-order valence-corrected chi connectivity index (χ1v) is 6.53. The van der Waals surface area contributed by atoms with E-state index in [9.17, 15) is 13.2 Å². The Kier molecular flexibility index (Phi) is 6.49. The van der Waals surface area contributed by atoms with Crippen molar-refractivity contribution in [3.8, 4) is 6.07 Å². The summed E-state index contributed by atoms with van der Waals surface area (Å²) in [7, 11) is 0. The molecule has 3 nitrogen and oxygen atoms in total. The average molecular weight is 285 g/mol. The van der Waals surface area contributed by atoms with Crippen LogP contribution >= 0.6 is 0 Å². The third-order valence-corrected chi connectivity index (χ3v) is 3.14. The fourth-order valence-corrected chi connectivity index (χ4v) is 1.89. The van der Waals surface area contributed by atoms with Gasteiger partial charge in [0.15, 0.2) is 17.5 Å². The van der Waals surface area contributed by atoms with Crippen molar-refractivity contribution in [1.82, 2.24) is 10.2 Å². The molecule has 0 aromatic heterocycles. The number of nitrogens with one attached hydrogen (secondary N) is 1. The first kappa shape index (κ1) is 16.5. The quantitative estimate of drug-likeness (QED) is 0.783. The van der Waals surface area contributed by atoms with Crippen LogP contribution in [0, 0.1) is 28.8 Å². The predicted octanol–water partition coefficient (Wildman–Crippen LogP) is 2.60. The van der Waals surface area contributed by atoms with Gasteiger partial charge in [-0.2, -0.15) is 5.26 Å². The molecule has 20 heavy (non-hydrogen) atoms. The molecule has 1 aromatic carbocycles. The summed E-state index contributed by atoms with van der Waals surface area (Å²) in [5.41, 5.74) is 0.0865. The van der Waals surface area contributed by atoms with Gasteiger partial charge in [0.2, 0.25) is 0 Å². The smallest absolute Gasteiger partial charge is 0.194 e. The largest absolute Gasteiger partial charge is 0.303 e. The summed E-state index contributed by atoms with van der Waals surface area (Å²) in [5, 5.41) is 11.9. The second-order valence-corrected chi connectivity index (χ2v) is 4.34. The fraction of sp³-hybridized carbons (Fsp3) is 0.500. The van der Waals surface area contributed by atoms with Crippen LogP contribution in [0.2, 0.25) is 0 Å². The molecule has 6 heteroatoms. The number of rotatable bonds is 7. The van der Waals surface area contributed by atoms with Crippen molar-refractivity contribution in [3.05, 3.63) is 35.1 Å². The fourth-order valence-electron chi connectivity index (χ4n) is 1.89. The molecule has 0 fully saturated rings. The molecule has 0 aliphatic heterocycles. The molecule has 0 amide bonds. The minimum Gasteiger partial charge on any atom is -0.303 e. The molecule has 1 N–H and O–H groups in total. The molecular weight excluding hydrogens is 267 g/mol. The zero-order valence-corrected chi connectivity index (χ0v) is 11.6. The molecule has 1 aromatic rings. The molecule has 0 aliphatic rings. The summed E-state index contributed by atoms with van der Waals surface area (Å²) >= 11 is 0. The lowest BCUT2D eigenvalue weighted by molar-refractivity contribution is 0.300. The molecule has 0 saturated carbocycles. The minimum atomic E-state index is -1.52. The summed E-state index contributed by atoms with van der Waals surface area (Å²) in [4.78, 5) is 2.15. The van der Waals surface area contributed by atoms with Crippen molar-refractivity contribution in [2.45, 2.75) is 19.9 Å². The highest BCUT2D eigenvalue weighted by atomic mass is 19.2. The Morgan fingerprint density at radius 1 is 1.20 bits per heavy atom. The van der Waals surface area contributed by atoms with Crippen molar-refractivity contribution >= 4 is 0 Å². The lowest BCUT2D eigenvalue weighted by Gasteiger charge is -2.19. The van der Waals surface area contributed by atoms with E-state index in [-0.39, 0.29) is 5.56 Å². The molecule has 0 spiro atoms. The average Bonchev–Trinajstić information content (AvgIpc) is 2.44. The molecule has 110 valence electrons. The second-order valence-electron chi connectivity index (χ2n) is 4.34. The Bertz CT molecular complexity index is 458. The van der Waals surface area contributed by atoms with E-state index >= 15 is 0 Å². The number of halogens is 3. The Hall–Kier alpha value is -1.58. The zero-order chi connectivity index (χ0) is 15.1. The SMILES string of the molecule is CCN(CC)CCNC(C#N)c1cc(F)c(F)c(F)c1. The van der Waals surface area contributed by atoms with Crippen molar-refractivity contribution < 1.29 is 13.2 Å². The number of likely N-dealkylation sites (N-methyl/N-ethyl adjacent to an activating group) is 1. The molecule has 0 bridgehead atoms.